The lowest BCUT2D eigenvalue weighted by Gasteiger charge is -2.39. The molecule has 0 spiro atoms. The monoisotopic (exact) mass is 526 g/mol. The highest BCUT2D eigenvalue weighted by Gasteiger charge is 2.37. The number of hydrogen-bond acceptors (Lipinski definition) is 9. The minimum absolute atomic E-state index is 0.0711. The van der Waals surface area contributed by atoms with Crippen LogP contribution in [0.5, 0.6) is 0 Å². The van der Waals surface area contributed by atoms with Crippen molar-refractivity contribution in [1.82, 2.24) is 20.2 Å². The Labute approximate surface area is 220 Å². The van der Waals surface area contributed by atoms with Crippen LogP contribution in [0.25, 0.3) is 0 Å². The number of nitrogens with two attached hydrogens (primary N) is 1. The van der Waals surface area contributed by atoms with E-state index in [0.29, 0.717) is 31.9 Å². The van der Waals surface area contributed by atoms with Gasteiger partial charge in [-0.3, -0.25) is 0 Å². The van der Waals surface area contributed by atoms with Gasteiger partial charge in [0.1, 0.15) is 5.83 Å². The SMILES string of the molecule is CC(=N)/C(N)=C(/C)Nc1nc(N2CCN(C(=O)N[C@@H](CC=N)C3(C)C=C(F)C=C(C#N)C3)CC2)ncc1F. The molecule has 2 aliphatic rings. The topological polar surface area (TPSA) is 171 Å². The van der Waals surface area contributed by atoms with Gasteiger partial charge in [-0.1, -0.05) is 6.92 Å². The molecule has 11 nitrogen and oxygen atoms in total. The Morgan fingerprint density at radius 2 is 2.03 bits per heavy atom. The zero-order valence-corrected chi connectivity index (χ0v) is 21.6. The summed E-state index contributed by atoms with van der Waals surface area (Å²) in [5.41, 5.74) is 5.96. The summed E-state index contributed by atoms with van der Waals surface area (Å²) in [5.74, 6) is -1.00. The van der Waals surface area contributed by atoms with Crippen molar-refractivity contribution in [2.24, 2.45) is 11.1 Å². The molecule has 1 aliphatic heterocycles. The van der Waals surface area contributed by atoms with Crippen LogP contribution in [0.3, 0.4) is 0 Å². The summed E-state index contributed by atoms with van der Waals surface area (Å²) in [6.45, 7) is 6.33. The highest BCUT2D eigenvalue weighted by molar-refractivity contribution is 5.95. The number of urea groups is 1. The first-order chi connectivity index (χ1) is 18.0. The van der Waals surface area contributed by atoms with E-state index in [9.17, 15) is 18.8 Å². The summed E-state index contributed by atoms with van der Waals surface area (Å²) < 4.78 is 28.5. The molecule has 1 aromatic heterocycles. The van der Waals surface area contributed by atoms with E-state index in [-0.39, 0.29) is 47.6 Å². The Bertz CT molecular complexity index is 1240. The number of halogens is 2. The molecule has 1 saturated heterocycles. The van der Waals surface area contributed by atoms with Gasteiger partial charge in [0.2, 0.25) is 5.95 Å². The number of piperazine rings is 1. The summed E-state index contributed by atoms with van der Waals surface area (Å²) in [6, 6.07) is 1.04. The first-order valence-electron chi connectivity index (χ1n) is 12.1. The molecule has 38 heavy (non-hydrogen) atoms. The van der Waals surface area contributed by atoms with Crippen LogP contribution >= 0.6 is 0 Å². The molecule has 3 rings (SSSR count). The minimum atomic E-state index is -0.865. The summed E-state index contributed by atoms with van der Waals surface area (Å²) in [4.78, 5) is 24.8. The van der Waals surface area contributed by atoms with E-state index in [1.165, 1.54) is 19.1 Å². The average Bonchev–Trinajstić information content (AvgIpc) is 2.88. The molecule has 6 N–H and O–H groups in total. The van der Waals surface area contributed by atoms with Crippen molar-refractivity contribution >= 4 is 29.7 Å². The fourth-order valence-corrected chi connectivity index (χ4v) is 4.42. The van der Waals surface area contributed by atoms with Crippen LogP contribution in [0.2, 0.25) is 0 Å². The molecule has 1 aromatic rings. The first kappa shape index (κ1) is 28.2. The third kappa shape index (κ3) is 6.50. The van der Waals surface area contributed by atoms with Crippen molar-refractivity contribution in [1.29, 1.82) is 16.1 Å². The highest BCUT2D eigenvalue weighted by Crippen LogP contribution is 2.38. The van der Waals surface area contributed by atoms with Crippen molar-refractivity contribution < 1.29 is 13.6 Å². The van der Waals surface area contributed by atoms with E-state index in [4.69, 9.17) is 16.6 Å². The zero-order valence-electron chi connectivity index (χ0n) is 21.6. The van der Waals surface area contributed by atoms with E-state index in [0.717, 1.165) is 12.4 Å². The van der Waals surface area contributed by atoms with Crippen LogP contribution in [0.4, 0.5) is 25.3 Å². The van der Waals surface area contributed by atoms with Crippen molar-refractivity contribution in [2.75, 3.05) is 36.4 Å². The number of nitrogens with zero attached hydrogens (tertiary/aromatic N) is 5. The molecule has 202 valence electrons. The molecule has 0 aromatic carbocycles. The molecule has 0 bridgehead atoms. The number of amides is 2. The second kappa shape index (κ2) is 11.8. The molecule has 1 unspecified atom stereocenters. The number of carbonyl (C=O) groups excluding carboxylic acids is 1. The number of nitriles is 1. The van der Waals surface area contributed by atoms with Crippen LogP contribution in [-0.2, 0) is 0 Å². The minimum Gasteiger partial charge on any atom is -0.396 e. The first-order valence-corrected chi connectivity index (χ1v) is 12.1. The smallest absolute Gasteiger partial charge is 0.317 e. The van der Waals surface area contributed by atoms with Crippen molar-refractivity contribution in [3.8, 4) is 6.07 Å². The number of allylic oxidation sites excluding steroid dienone is 5. The lowest BCUT2D eigenvalue weighted by molar-refractivity contribution is 0.178. The van der Waals surface area contributed by atoms with Crippen molar-refractivity contribution in [3.05, 3.63) is 47.0 Å². The number of anilines is 2. The Morgan fingerprint density at radius 1 is 1.34 bits per heavy atom. The van der Waals surface area contributed by atoms with E-state index < -0.39 is 23.1 Å². The van der Waals surface area contributed by atoms with Gasteiger partial charge in [0.25, 0.3) is 0 Å². The molecule has 1 aliphatic carbocycles. The quantitative estimate of drug-likeness (QED) is 0.324. The van der Waals surface area contributed by atoms with Gasteiger partial charge in [-0.15, -0.1) is 0 Å². The maximum Gasteiger partial charge on any atom is 0.317 e. The van der Waals surface area contributed by atoms with Gasteiger partial charge < -0.3 is 37.0 Å². The van der Waals surface area contributed by atoms with E-state index >= 15 is 0 Å². The number of hydrogen-bond donors (Lipinski definition) is 5. The van der Waals surface area contributed by atoms with Crippen molar-refractivity contribution in [2.45, 2.75) is 39.7 Å². The number of rotatable bonds is 8. The predicted molar refractivity (Wildman–Crippen MR) is 141 cm³/mol. The molecule has 2 atom stereocenters. The normalized spacial score (nSPS) is 20.8. The second-order valence-electron chi connectivity index (χ2n) is 9.56. The Morgan fingerprint density at radius 3 is 2.63 bits per heavy atom. The zero-order chi connectivity index (χ0) is 28.0. The maximum absolute atomic E-state index is 14.3. The molecule has 2 amide bonds. The molecule has 0 radical (unpaired) electrons. The molecular formula is C25H32F2N10O. The van der Waals surface area contributed by atoms with Crippen molar-refractivity contribution in [3.63, 3.8) is 0 Å². The Hall–Kier alpha value is -4.34. The van der Waals surface area contributed by atoms with E-state index in [1.54, 1.807) is 18.7 Å². The van der Waals surface area contributed by atoms with Crippen LogP contribution in [0.15, 0.2) is 41.1 Å². The van der Waals surface area contributed by atoms with Gasteiger partial charge in [-0.2, -0.15) is 10.2 Å². The summed E-state index contributed by atoms with van der Waals surface area (Å²) in [7, 11) is 0. The van der Waals surface area contributed by atoms with Gasteiger partial charge in [-0.25, -0.2) is 18.6 Å². The van der Waals surface area contributed by atoms with E-state index in [2.05, 4.69) is 20.6 Å². The van der Waals surface area contributed by atoms with Gasteiger partial charge >= 0.3 is 6.03 Å². The lowest BCUT2D eigenvalue weighted by atomic mass is 9.73. The third-order valence-corrected chi connectivity index (χ3v) is 6.64. The number of nitrogens with one attached hydrogen (secondary N) is 4. The van der Waals surface area contributed by atoms with Gasteiger partial charge in [-0.05, 0) is 38.6 Å². The van der Waals surface area contributed by atoms with Gasteiger partial charge in [0.05, 0.1) is 23.7 Å². The molecule has 13 heteroatoms. The third-order valence-electron chi connectivity index (χ3n) is 6.64. The number of carbonyl (C=O) groups is 1. The second-order valence-corrected chi connectivity index (χ2v) is 9.56. The fourth-order valence-electron chi connectivity index (χ4n) is 4.42. The Kier molecular flexibility index (Phi) is 8.77. The maximum atomic E-state index is 14.3. The standard InChI is InChI=1S/C25H32F2N10O/c1-15(30)21(31)16(2)33-22-19(27)14-32-23(35-22)36-6-8-37(9-7-36)24(38)34-20(4-5-28)25(3)11-17(13-29)10-18(26)12-25/h5,10,12,14,20,28,30H,4,6-9,11,31H2,1-3H3,(H,34,38)(H,32,33,35)/b21-16+,28-5?,30-15?/t20-,25?/m0/s1. The molecule has 0 saturated carbocycles. The summed E-state index contributed by atoms with van der Waals surface area (Å²) in [6.07, 6.45) is 5.22. The van der Waals surface area contributed by atoms with Gasteiger partial charge in [0, 0.05) is 55.3 Å². The largest absolute Gasteiger partial charge is 0.396 e. The molecule has 2 heterocycles. The number of aromatic nitrogens is 2. The predicted octanol–water partition coefficient (Wildman–Crippen LogP) is 3.21. The summed E-state index contributed by atoms with van der Waals surface area (Å²) >= 11 is 0. The van der Waals surface area contributed by atoms with Crippen LogP contribution in [0.1, 0.15) is 33.6 Å². The fraction of sp³-hybridized carbons (Fsp3) is 0.440. The highest BCUT2D eigenvalue weighted by atomic mass is 19.1. The van der Waals surface area contributed by atoms with Crippen LogP contribution < -0.4 is 21.3 Å². The molecular weight excluding hydrogens is 494 g/mol. The summed E-state index contributed by atoms with van der Waals surface area (Å²) in [5, 5.41) is 30.2. The Balaban J connectivity index is 1.66. The lowest BCUT2D eigenvalue weighted by Crippen LogP contribution is -2.56. The van der Waals surface area contributed by atoms with Crippen LogP contribution in [-0.4, -0.2) is 65.0 Å². The van der Waals surface area contributed by atoms with Gasteiger partial charge in [0.15, 0.2) is 11.6 Å². The van der Waals surface area contributed by atoms with Crippen LogP contribution in [0, 0.1) is 33.4 Å². The molecule has 1 fully saturated rings. The van der Waals surface area contributed by atoms with E-state index in [1.807, 2.05) is 11.0 Å². The average molecular weight is 527 g/mol.